The molecule has 3 aromatic rings. The van der Waals surface area contributed by atoms with Gasteiger partial charge < -0.3 is 9.64 Å². The SMILES string of the molecule is CCOC1CCCN(C(=O)c2ccccc2-c2ccc(Cn3cccn3)cc2)C1. The molecule has 0 spiro atoms. The van der Waals surface area contributed by atoms with Gasteiger partial charge in [0, 0.05) is 37.7 Å². The normalized spacial score (nSPS) is 16.7. The summed E-state index contributed by atoms with van der Waals surface area (Å²) in [5.41, 5.74) is 3.96. The number of hydrogen-bond acceptors (Lipinski definition) is 3. The summed E-state index contributed by atoms with van der Waals surface area (Å²) < 4.78 is 7.67. The van der Waals surface area contributed by atoms with Gasteiger partial charge in [-0.3, -0.25) is 9.48 Å². The minimum Gasteiger partial charge on any atom is -0.377 e. The fourth-order valence-electron chi connectivity index (χ4n) is 3.96. The van der Waals surface area contributed by atoms with Crippen molar-refractivity contribution in [3.63, 3.8) is 0 Å². The third kappa shape index (κ3) is 4.57. The number of aromatic nitrogens is 2. The van der Waals surface area contributed by atoms with E-state index in [1.165, 1.54) is 5.56 Å². The van der Waals surface area contributed by atoms with Gasteiger partial charge in [0.1, 0.15) is 0 Å². The molecule has 5 heteroatoms. The van der Waals surface area contributed by atoms with Crippen LogP contribution < -0.4 is 0 Å². The van der Waals surface area contributed by atoms with E-state index in [9.17, 15) is 4.79 Å². The van der Waals surface area contributed by atoms with Crippen LogP contribution in [-0.2, 0) is 11.3 Å². The molecule has 0 bridgehead atoms. The van der Waals surface area contributed by atoms with Gasteiger partial charge in [0.2, 0.25) is 0 Å². The monoisotopic (exact) mass is 389 g/mol. The summed E-state index contributed by atoms with van der Waals surface area (Å²) in [6.07, 6.45) is 5.90. The topological polar surface area (TPSA) is 47.4 Å². The first-order valence-electron chi connectivity index (χ1n) is 10.3. The van der Waals surface area contributed by atoms with E-state index in [0.717, 1.165) is 42.6 Å². The Morgan fingerprint density at radius 3 is 2.72 bits per heavy atom. The van der Waals surface area contributed by atoms with Crippen molar-refractivity contribution in [2.75, 3.05) is 19.7 Å². The van der Waals surface area contributed by atoms with Gasteiger partial charge in [-0.05, 0) is 48.6 Å². The molecule has 2 aromatic carbocycles. The second kappa shape index (κ2) is 9.05. The van der Waals surface area contributed by atoms with Gasteiger partial charge >= 0.3 is 0 Å². The van der Waals surface area contributed by atoms with Crippen molar-refractivity contribution in [1.29, 1.82) is 0 Å². The van der Waals surface area contributed by atoms with Crippen molar-refractivity contribution >= 4 is 5.91 Å². The first-order valence-corrected chi connectivity index (χ1v) is 10.3. The summed E-state index contributed by atoms with van der Waals surface area (Å²) in [5, 5.41) is 4.26. The molecular formula is C24H27N3O2. The highest BCUT2D eigenvalue weighted by atomic mass is 16.5. The van der Waals surface area contributed by atoms with Crippen LogP contribution in [0.3, 0.4) is 0 Å². The molecule has 1 unspecified atom stereocenters. The third-order valence-electron chi connectivity index (χ3n) is 5.39. The highest BCUT2D eigenvalue weighted by Crippen LogP contribution is 2.26. The molecule has 150 valence electrons. The molecule has 0 radical (unpaired) electrons. The Balaban J connectivity index is 1.54. The molecule has 4 rings (SSSR count). The first-order chi connectivity index (χ1) is 14.2. The molecule has 1 fully saturated rings. The third-order valence-corrected chi connectivity index (χ3v) is 5.39. The van der Waals surface area contributed by atoms with Crippen molar-refractivity contribution in [2.45, 2.75) is 32.4 Å². The first kappa shape index (κ1) is 19.4. The second-order valence-electron chi connectivity index (χ2n) is 7.42. The van der Waals surface area contributed by atoms with Crippen molar-refractivity contribution in [1.82, 2.24) is 14.7 Å². The molecule has 0 aliphatic carbocycles. The van der Waals surface area contributed by atoms with Gasteiger partial charge in [-0.2, -0.15) is 5.10 Å². The Morgan fingerprint density at radius 1 is 1.14 bits per heavy atom. The molecule has 0 N–H and O–H groups in total. The lowest BCUT2D eigenvalue weighted by atomic mass is 9.97. The van der Waals surface area contributed by atoms with E-state index in [2.05, 4.69) is 29.4 Å². The summed E-state index contributed by atoms with van der Waals surface area (Å²) in [4.78, 5) is 15.2. The van der Waals surface area contributed by atoms with Crippen molar-refractivity contribution in [3.05, 3.63) is 78.1 Å². The fourth-order valence-corrected chi connectivity index (χ4v) is 3.96. The molecule has 2 heterocycles. The summed E-state index contributed by atoms with van der Waals surface area (Å²) in [7, 11) is 0. The average Bonchev–Trinajstić information content (AvgIpc) is 3.27. The minimum atomic E-state index is 0.0885. The van der Waals surface area contributed by atoms with Crippen LogP contribution >= 0.6 is 0 Å². The number of hydrogen-bond donors (Lipinski definition) is 0. The Hall–Kier alpha value is -2.92. The van der Waals surface area contributed by atoms with Crippen molar-refractivity contribution < 1.29 is 9.53 Å². The lowest BCUT2D eigenvalue weighted by molar-refractivity contribution is 0.00727. The maximum atomic E-state index is 13.3. The zero-order valence-electron chi connectivity index (χ0n) is 16.8. The van der Waals surface area contributed by atoms with Crippen LogP contribution in [0.4, 0.5) is 0 Å². The summed E-state index contributed by atoms with van der Waals surface area (Å²) in [6.45, 7) is 4.89. The number of likely N-dealkylation sites (tertiary alicyclic amines) is 1. The van der Waals surface area contributed by atoms with Crippen LogP contribution in [0.15, 0.2) is 67.0 Å². The van der Waals surface area contributed by atoms with E-state index in [0.29, 0.717) is 13.2 Å². The molecular weight excluding hydrogens is 362 g/mol. The number of piperidine rings is 1. The molecule has 1 saturated heterocycles. The molecule has 29 heavy (non-hydrogen) atoms. The van der Waals surface area contributed by atoms with Crippen molar-refractivity contribution in [2.24, 2.45) is 0 Å². The van der Waals surface area contributed by atoms with Gasteiger partial charge in [0.15, 0.2) is 0 Å². The van der Waals surface area contributed by atoms with Crippen LogP contribution in [0.2, 0.25) is 0 Å². The minimum absolute atomic E-state index is 0.0885. The van der Waals surface area contributed by atoms with Crippen LogP contribution in [0.25, 0.3) is 11.1 Å². The van der Waals surface area contributed by atoms with E-state index in [4.69, 9.17) is 4.74 Å². The largest absolute Gasteiger partial charge is 0.377 e. The Labute approximate surface area is 171 Å². The molecule has 1 atom stereocenters. The Morgan fingerprint density at radius 2 is 1.97 bits per heavy atom. The van der Waals surface area contributed by atoms with E-state index in [1.54, 1.807) is 6.20 Å². The van der Waals surface area contributed by atoms with E-state index >= 15 is 0 Å². The lowest BCUT2D eigenvalue weighted by Crippen LogP contribution is -2.43. The fraction of sp³-hybridized carbons (Fsp3) is 0.333. The van der Waals surface area contributed by atoms with Gasteiger partial charge in [-0.25, -0.2) is 0 Å². The number of amides is 1. The van der Waals surface area contributed by atoms with Crippen LogP contribution in [-0.4, -0.2) is 46.4 Å². The maximum absolute atomic E-state index is 13.3. The molecule has 1 amide bonds. The highest BCUT2D eigenvalue weighted by Gasteiger charge is 2.26. The molecule has 1 aliphatic rings. The maximum Gasteiger partial charge on any atom is 0.254 e. The summed E-state index contributed by atoms with van der Waals surface area (Å²) >= 11 is 0. The number of ether oxygens (including phenoxy) is 1. The Kier molecular flexibility index (Phi) is 6.06. The highest BCUT2D eigenvalue weighted by molar-refractivity contribution is 6.01. The summed E-state index contributed by atoms with van der Waals surface area (Å²) in [5.74, 6) is 0.0885. The quantitative estimate of drug-likeness (QED) is 0.634. The van der Waals surface area contributed by atoms with Crippen LogP contribution in [0.1, 0.15) is 35.7 Å². The van der Waals surface area contributed by atoms with E-state index in [1.807, 2.05) is 53.0 Å². The molecule has 1 aliphatic heterocycles. The van der Waals surface area contributed by atoms with Gasteiger partial charge in [0.05, 0.1) is 12.6 Å². The smallest absolute Gasteiger partial charge is 0.254 e. The van der Waals surface area contributed by atoms with E-state index in [-0.39, 0.29) is 12.0 Å². The predicted molar refractivity (Wildman–Crippen MR) is 114 cm³/mol. The molecule has 0 saturated carbocycles. The predicted octanol–water partition coefficient (Wildman–Crippen LogP) is 4.24. The van der Waals surface area contributed by atoms with Gasteiger partial charge in [0.25, 0.3) is 5.91 Å². The number of nitrogens with zero attached hydrogens (tertiary/aromatic N) is 3. The molecule has 1 aromatic heterocycles. The van der Waals surface area contributed by atoms with Crippen molar-refractivity contribution in [3.8, 4) is 11.1 Å². The number of carbonyl (C=O) groups excluding carboxylic acids is 1. The Bertz CT molecular complexity index is 933. The lowest BCUT2D eigenvalue weighted by Gasteiger charge is -2.33. The number of rotatable bonds is 6. The van der Waals surface area contributed by atoms with E-state index < -0.39 is 0 Å². The molecule has 5 nitrogen and oxygen atoms in total. The number of carbonyl (C=O) groups is 1. The zero-order chi connectivity index (χ0) is 20.1. The van der Waals surface area contributed by atoms with Gasteiger partial charge in [-0.15, -0.1) is 0 Å². The van der Waals surface area contributed by atoms with Gasteiger partial charge in [-0.1, -0.05) is 42.5 Å². The number of benzene rings is 2. The van der Waals surface area contributed by atoms with Crippen LogP contribution in [0, 0.1) is 0 Å². The average molecular weight is 389 g/mol. The summed E-state index contributed by atoms with van der Waals surface area (Å²) in [6, 6.07) is 18.2. The standard InChI is InChI=1S/C24H27N3O2/c1-2-29-21-7-5-15-26(18-21)24(28)23-9-4-3-8-22(23)20-12-10-19(11-13-20)17-27-16-6-14-25-27/h3-4,6,8-14,16,21H,2,5,7,15,17-18H2,1H3. The van der Waals surface area contributed by atoms with Crippen LogP contribution in [0.5, 0.6) is 0 Å². The second-order valence-corrected chi connectivity index (χ2v) is 7.42. The zero-order valence-corrected chi connectivity index (χ0v) is 16.8.